The number of rotatable bonds is 7. The van der Waals surface area contributed by atoms with Crippen LogP contribution in [0.1, 0.15) is 31.9 Å². The topological polar surface area (TPSA) is 83.0 Å². The fourth-order valence-corrected chi connectivity index (χ4v) is 5.11. The Morgan fingerprint density at radius 3 is 2.65 bits per heavy atom. The lowest BCUT2D eigenvalue weighted by Crippen LogP contribution is -2.38. The zero-order chi connectivity index (χ0) is 24.2. The van der Waals surface area contributed by atoms with E-state index in [1.54, 1.807) is 37.4 Å². The number of halogens is 1. The molecule has 2 aromatic rings. The highest BCUT2D eigenvalue weighted by atomic mass is 35.5. The van der Waals surface area contributed by atoms with Crippen LogP contribution in [-0.4, -0.2) is 35.5 Å². The first kappa shape index (κ1) is 23.9. The van der Waals surface area contributed by atoms with Crippen molar-refractivity contribution in [3.05, 3.63) is 81.5 Å². The molecule has 2 aliphatic heterocycles. The quantitative estimate of drug-likeness (QED) is 0.558. The molecule has 0 saturated carbocycles. The van der Waals surface area contributed by atoms with E-state index in [-0.39, 0.29) is 18.2 Å². The van der Waals surface area contributed by atoms with Crippen molar-refractivity contribution in [3.63, 3.8) is 0 Å². The number of anilines is 1. The molecule has 2 heterocycles. The molecule has 2 amide bonds. The SMILES string of the molecule is CCNC(=O)CC1=CSC2=NC(C)=C(C(=O)Nc3ccc(OC)cc3)C(c3cccc(Cl)c3)N12. The number of carbonyl (C=O) groups excluding carboxylic acids is 2. The highest BCUT2D eigenvalue weighted by Gasteiger charge is 2.40. The maximum absolute atomic E-state index is 13.6. The molecule has 34 heavy (non-hydrogen) atoms. The number of thioether (sulfide) groups is 1. The number of hydrogen-bond acceptors (Lipinski definition) is 6. The summed E-state index contributed by atoms with van der Waals surface area (Å²) in [6.45, 7) is 4.26. The van der Waals surface area contributed by atoms with Gasteiger partial charge >= 0.3 is 0 Å². The summed E-state index contributed by atoms with van der Waals surface area (Å²) in [5.41, 5.74) is 3.36. The minimum absolute atomic E-state index is 0.0871. The van der Waals surface area contributed by atoms with E-state index < -0.39 is 6.04 Å². The van der Waals surface area contributed by atoms with E-state index in [2.05, 4.69) is 10.6 Å². The minimum Gasteiger partial charge on any atom is -0.497 e. The van der Waals surface area contributed by atoms with Crippen molar-refractivity contribution in [1.82, 2.24) is 10.2 Å². The van der Waals surface area contributed by atoms with E-state index in [4.69, 9.17) is 21.3 Å². The van der Waals surface area contributed by atoms with Gasteiger partial charge < -0.3 is 20.3 Å². The third-order valence-electron chi connectivity index (χ3n) is 5.47. The van der Waals surface area contributed by atoms with Gasteiger partial charge in [-0.3, -0.25) is 9.59 Å². The van der Waals surface area contributed by atoms with Crippen molar-refractivity contribution in [2.24, 2.45) is 4.99 Å². The average Bonchev–Trinajstić information content (AvgIpc) is 3.20. The Kier molecular flexibility index (Phi) is 7.29. The summed E-state index contributed by atoms with van der Waals surface area (Å²) in [6, 6.07) is 14.1. The van der Waals surface area contributed by atoms with Gasteiger partial charge in [-0.25, -0.2) is 4.99 Å². The van der Waals surface area contributed by atoms with Crippen molar-refractivity contribution in [1.29, 1.82) is 0 Å². The predicted octanol–water partition coefficient (Wildman–Crippen LogP) is 5.09. The summed E-state index contributed by atoms with van der Waals surface area (Å²) in [7, 11) is 1.59. The number of ether oxygens (including phenoxy) is 1. The largest absolute Gasteiger partial charge is 0.497 e. The number of aliphatic imine (C=N–C) groups is 1. The van der Waals surface area contributed by atoms with Gasteiger partial charge in [0.1, 0.15) is 5.75 Å². The number of amidine groups is 1. The molecule has 0 bridgehead atoms. The lowest BCUT2D eigenvalue weighted by atomic mass is 9.93. The Labute approximate surface area is 207 Å². The summed E-state index contributed by atoms with van der Waals surface area (Å²) in [6.07, 6.45) is 0.184. The summed E-state index contributed by atoms with van der Waals surface area (Å²) >= 11 is 7.77. The lowest BCUT2D eigenvalue weighted by molar-refractivity contribution is -0.120. The number of benzene rings is 2. The van der Waals surface area contributed by atoms with Gasteiger partial charge in [0.05, 0.1) is 30.8 Å². The predicted molar refractivity (Wildman–Crippen MR) is 137 cm³/mol. The molecule has 7 nitrogen and oxygen atoms in total. The number of allylic oxidation sites excluding steroid dienone is 1. The maximum Gasteiger partial charge on any atom is 0.255 e. The summed E-state index contributed by atoms with van der Waals surface area (Å²) in [5.74, 6) is 0.340. The van der Waals surface area contributed by atoms with E-state index in [0.717, 1.165) is 16.4 Å². The van der Waals surface area contributed by atoms with E-state index in [1.807, 2.05) is 42.4 Å². The monoisotopic (exact) mass is 496 g/mol. The molecule has 2 N–H and O–H groups in total. The van der Waals surface area contributed by atoms with E-state index >= 15 is 0 Å². The Morgan fingerprint density at radius 1 is 1.21 bits per heavy atom. The van der Waals surface area contributed by atoms with Crippen LogP contribution in [0.15, 0.2) is 75.9 Å². The number of nitrogens with one attached hydrogen (secondary N) is 2. The van der Waals surface area contributed by atoms with Crippen molar-refractivity contribution in [2.45, 2.75) is 26.3 Å². The van der Waals surface area contributed by atoms with Crippen molar-refractivity contribution < 1.29 is 14.3 Å². The zero-order valence-corrected chi connectivity index (χ0v) is 20.7. The van der Waals surface area contributed by atoms with Crippen molar-refractivity contribution in [3.8, 4) is 5.75 Å². The second kappa shape index (κ2) is 10.4. The van der Waals surface area contributed by atoms with Gasteiger partial charge in [0, 0.05) is 23.0 Å². The first-order valence-corrected chi connectivity index (χ1v) is 12.1. The highest BCUT2D eigenvalue weighted by Crippen LogP contribution is 2.45. The standard InChI is InChI=1S/C25H25ClN4O3S/c1-4-27-21(31)13-19-14-34-25-28-15(2)22(23(30(19)25)16-6-5-7-17(26)12-16)24(32)29-18-8-10-20(33-3)11-9-18/h5-12,14,23H,4,13H2,1-3H3,(H,27,31)(H,29,32). The van der Waals surface area contributed by atoms with Crippen LogP contribution in [0.25, 0.3) is 0 Å². The number of fused-ring (bicyclic) bond motifs is 1. The van der Waals surface area contributed by atoms with Gasteiger partial charge in [-0.05, 0) is 61.2 Å². The third kappa shape index (κ3) is 4.98. The van der Waals surface area contributed by atoms with Crippen LogP contribution in [0.2, 0.25) is 5.02 Å². The lowest BCUT2D eigenvalue weighted by Gasteiger charge is -2.36. The molecule has 9 heteroatoms. The molecule has 2 aromatic carbocycles. The average molecular weight is 497 g/mol. The van der Waals surface area contributed by atoms with Crippen LogP contribution in [0, 0.1) is 0 Å². The number of methoxy groups -OCH3 is 1. The first-order chi connectivity index (χ1) is 16.4. The molecule has 176 valence electrons. The van der Waals surface area contributed by atoms with Crippen LogP contribution in [0.4, 0.5) is 5.69 Å². The Morgan fingerprint density at radius 2 is 1.97 bits per heavy atom. The molecule has 0 saturated heterocycles. The second-order valence-electron chi connectivity index (χ2n) is 7.76. The second-order valence-corrected chi connectivity index (χ2v) is 9.03. The number of hydrogen-bond donors (Lipinski definition) is 2. The fraction of sp³-hybridized carbons (Fsp3) is 0.240. The fourth-order valence-electron chi connectivity index (χ4n) is 3.95. The summed E-state index contributed by atoms with van der Waals surface area (Å²) in [5, 5.41) is 9.02. The summed E-state index contributed by atoms with van der Waals surface area (Å²) < 4.78 is 5.20. The van der Waals surface area contributed by atoms with Crippen molar-refractivity contribution in [2.75, 3.05) is 19.0 Å². The molecule has 0 aliphatic carbocycles. The zero-order valence-electron chi connectivity index (χ0n) is 19.1. The van der Waals surface area contributed by atoms with Crippen LogP contribution in [-0.2, 0) is 9.59 Å². The molecular formula is C25H25ClN4O3S. The Bertz CT molecular complexity index is 1210. The van der Waals surface area contributed by atoms with E-state index in [9.17, 15) is 9.59 Å². The number of nitrogens with zero attached hydrogens (tertiary/aromatic N) is 2. The molecule has 4 rings (SSSR count). The Balaban J connectivity index is 1.72. The van der Waals surface area contributed by atoms with Gasteiger partial charge in [-0.1, -0.05) is 35.5 Å². The summed E-state index contributed by atoms with van der Waals surface area (Å²) in [4.78, 5) is 32.6. The highest BCUT2D eigenvalue weighted by molar-refractivity contribution is 8.16. The third-order valence-corrected chi connectivity index (χ3v) is 6.60. The van der Waals surface area contributed by atoms with Crippen LogP contribution >= 0.6 is 23.4 Å². The normalized spacial score (nSPS) is 17.1. The van der Waals surface area contributed by atoms with Gasteiger partial charge in [-0.2, -0.15) is 0 Å². The van der Waals surface area contributed by atoms with Gasteiger partial charge in [0.25, 0.3) is 5.91 Å². The van der Waals surface area contributed by atoms with Crippen LogP contribution in [0.3, 0.4) is 0 Å². The molecule has 0 radical (unpaired) electrons. The smallest absolute Gasteiger partial charge is 0.255 e. The minimum atomic E-state index is -0.486. The Hall–Kier alpha value is -3.23. The molecule has 0 fully saturated rings. The van der Waals surface area contributed by atoms with Crippen LogP contribution < -0.4 is 15.4 Å². The first-order valence-electron chi connectivity index (χ1n) is 10.8. The molecule has 0 spiro atoms. The van der Waals surface area contributed by atoms with Gasteiger partial charge in [0.15, 0.2) is 5.17 Å². The van der Waals surface area contributed by atoms with Crippen LogP contribution in [0.5, 0.6) is 5.75 Å². The molecular weight excluding hydrogens is 472 g/mol. The van der Waals surface area contributed by atoms with E-state index in [1.165, 1.54) is 11.8 Å². The molecule has 1 unspecified atom stereocenters. The van der Waals surface area contributed by atoms with E-state index in [0.29, 0.717) is 34.3 Å². The number of carbonyl (C=O) groups is 2. The number of amides is 2. The van der Waals surface area contributed by atoms with Gasteiger partial charge in [0.2, 0.25) is 5.91 Å². The van der Waals surface area contributed by atoms with Crippen molar-refractivity contribution >= 4 is 46.0 Å². The maximum atomic E-state index is 13.6. The molecule has 2 aliphatic rings. The molecule has 0 aromatic heterocycles. The van der Waals surface area contributed by atoms with Gasteiger partial charge in [-0.15, -0.1) is 0 Å². The molecule has 1 atom stereocenters.